The Morgan fingerprint density at radius 2 is 2.35 bits per heavy atom. The largest absolute Gasteiger partial charge is 0.495 e. The normalized spacial score (nSPS) is 27.5. The van der Waals surface area contributed by atoms with E-state index >= 15 is 0 Å². The minimum atomic E-state index is 0.713. The molecule has 1 aliphatic carbocycles. The summed E-state index contributed by atoms with van der Waals surface area (Å²) in [6, 6.07) is 2.09. The molecule has 0 radical (unpaired) electrons. The molecule has 0 aromatic carbocycles. The highest BCUT2D eigenvalue weighted by atomic mass is 16.5. The van der Waals surface area contributed by atoms with Crippen LogP contribution in [0, 0.1) is 11.8 Å². The highest BCUT2D eigenvalue weighted by molar-refractivity contribution is 5.68. The predicted molar refractivity (Wildman–Crippen MR) is 67.8 cm³/mol. The molecule has 1 N–H and O–H groups in total. The first-order chi connectivity index (χ1) is 8.36. The van der Waals surface area contributed by atoms with E-state index in [1.54, 1.807) is 13.3 Å². The third-order valence-corrected chi connectivity index (χ3v) is 3.89. The van der Waals surface area contributed by atoms with Gasteiger partial charge in [0.2, 0.25) is 0 Å². The van der Waals surface area contributed by atoms with Crippen molar-refractivity contribution in [1.29, 1.82) is 0 Å². The molecule has 0 bridgehead atoms. The van der Waals surface area contributed by atoms with Gasteiger partial charge < -0.3 is 10.1 Å². The summed E-state index contributed by atoms with van der Waals surface area (Å²) in [5, 5.41) is 3.47. The average Bonchev–Trinajstić information content (AvgIpc) is 2.82. The van der Waals surface area contributed by atoms with E-state index in [9.17, 15) is 0 Å². The number of rotatable bonds is 2. The monoisotopic (exact) mass is 230 g/mol. The molecule has 1 aromatic rings. The van der Waals surface area contributed by atoms with Crippen LogP contribution in [0.15, 0.2) is 24.5 Å². The Kier molecular flexibility index (Phi) is 2.85. The van der Waals surface area contributed by atoms with Crippen LogP contribution in [0.25, 0.3) is 5.57 Å². The fourth-order valence-electron chi connectivity index (χ4n) is 2.91. The number of methoxy groups -OCH3 is 1. The van der Waals surface area contributed by atoms with Gasteiger partial charge in [-0.1, -0.05) is 6.08 Å². The molecule has 2 aliphatic rings. The summed E-state index contributed by atoms with van der Waals surface area (Å²) in [6.07, 6.45) is 8.61. The van der Waals surface area contributed by atoms with E-state index in [0.717, 1.165) is 18.2 Å². The van der Waals surface area contributed by atoms with Gasteiger partial charge in [-0.3, -0.25) is 4.98 Å². The molecule has 2 atom stereocenters. The molecular formula is C14H18N2O. The van der Waals surface area contributed by atoms with E-state index in [-0.39, 0.29) is 0 Å². The number of allylic oxidation sites excluding steroid dienone is 1. The summed E-state index contributed by atoms with van der Waals surface area (Å²) in [4.78, 5) is 4.24. The molecule has 3 rings (SSSR count). The van der Waals surface area contributed by atoms with Gasteiger partial charge in [0.15, 0.2) is 0 Å². The van der Waals surface area contributed by atoms with Crippen LogP contribution in [0.4, 0.5) is 0 Å². The number of nitrogens with zero attached hydrogens (tertiary/aromatic N) is 1. The second-order valence-electron chi connectivity index (χ2n) is 4.93. The molecule has 0 unspecified atom stereocenters. The molecule has 0 spiro atoms. The van der Waals surface area contributed by atoms with Gasteiger partial charge >= 0.3 is 0 Å². The third-order valence-electron chi connectivity index (χ3n) is 3.89. The topological polar surface area (TPSA) is 34.1 Å². The van der Waals surface area contributed by atoms with Crippen molar-refractivity contribution in [2.45, 2.75) is 12.8 Å². The minimum absolute atomic E-state index is 0.713. The fraction of sp³-hybridized carbons (Fsp3) is 0.500. The zero-order chi connectivity index (χ0) is 11.7. The molecule has 0 amide bonds. The van der Waals surface area contributed by atoms with Crippen LogP contribution in [0.5, 0.6) is 5.75 Å². The standard InChI is InChI=1S/C14H18N2O/c1-17-14-6-13(8-16-9-14)11-4-10-2-3-15-7-12(10)5-11/h5-6,8-10,12,15H,2-4,7H2,1H3/t10-,12-/m1/s1. The van der Waals surface area contributed by atoms with Crippen molar-refractivity contribution >= 4 is 5.57 Å². The van der Waals surface area contributed by atoms with Crippen LogP contribution < -0.4 is 10.1 Å². The Morgan fingerprint density at radius 1 is 1.41 bits per heavy atom. The van der Waals surface area contributed by atoms with Crippen molar-refractivity contribution in [3.8, 4) is 5.75 Å². The van der Waals surface area contributed by atoms with E-state index < -0.39 is 0 Å². The summed E-state index contributed by atoms with van der Waals surface area (Å²) in [5.41, 5.74) is 2.66. The molecule has 1 aliphatic heterocycles. The van der Waals surface area contributed by atoms with E-state index in [0.29, 0.717) is 5.92 Å². The van der Waals surface area contributed by atoms with Crippen LogP contribution >= 0.6 is 0 Å². The lowest BCUT2D eigenvalue weighted by Gasteiger charge is -2.25. The summed E-state index contributed by atoms with van der Waals surface area (Å²) >= 11 is 0. The van der Waals surface area contributed by atoms with Crippen LogP contribution in [0.1, 0.15) is 18.4 Å². The number of ether oxygens (including phenoxy) is 1. The molecule has 1 aromatic heterocycles. The second-order valence-corrected chi connectivity index (χ2v) is 4.93. The summed E-state index contributed by atoms with van der Waals surface area (Å²) in [7, 11) is 1.69. The van der Waals surface area contributed by atoms with E-state index in [2.05, 4.69) is 22.4 Å². The molecule has 2 heterocycles. The number of aromatic nitrogens is 1. The maximum atomic E-state index is 5.23. The van der Waals surface area contributed by atoms with Gasteiger partial charge in [0, 0.05) is 12.7 Å². The van der Waals surface area contributed by atoms with E-state index in [1.807, 2.05) is 6.20 Å². The van der Waals surface area contributed by atoms with Gasteiger partial charge in [0.1, 0.15) is 5.75 Å². The number of fused-ring (bicyclic) bond motifs is 1. The van der Waals surface area contributed by atoms with Gasteiger partial charge in [0.05, 0.1) is 13.3 Å². The number of piperidine rings is 1. The van der Waals surface area contributed by atoms with Crippen molar-refractivity contribution in [2.24, 2.45) is 11.8 Å². The van der Waals surface area contributed by atoms with E-state index in [4.69, 9.17) is 4.74 Å². The van der Waals surface area contributed by atoms with Gasteiger partial charge in [-0.25, -0.2) is 0 Å². The third kappa shape index (κ3) is 2.07. The summed E-state index contributed by atoms with van der Waals surface area (Å²) in [6.45, 7) is 2.30. The SMILES string of the molecule is COc1cncc(C2=C[C@@H]3CNCC[C@@H]3C2)c1. The predicted octanol–water partition coefficient (Wildman–Crippen LogP) is 2.10. The average molecular weight is 230 g/mol. The Bertz CT molecular complexity index is 442. The molecule has 3 heteroatoms. The van der Waals surface area contributed by atoms with Crippen LogP contribution in [0.2, 0.25) is 0 Å². The minimum Gasteiger partial charge on any atom is -0.495 e. The molecule has 90 valence electrons. The molecule has 1 saturated heterocycles. The van der Waals surface area contributed by atoms with E-state index in [1.165, 1.54) is 30.5 Å². The van der Waals surface area contributed by atoms with Crippen molar-refractivity contribution in [3.63, 3.8) is 0 Å². The molecule has 1 fully saturated rings. The first kappa shape index (κ1) is 10.8. The Hall–Kier alpha value is -1.35. The Morgan fingerprint density at radius 3 is 3.18 bits per heavy atom. The molecule has 17 heavy (non-hydrogen) atoms. The van der Waals surface area contributed by atoms with Crippen molar-refractivity contribution in [1.82, 2.24) is 10.3 Å². The lowest BCUT2D eigenvalue weighted by Crippen LogP contribution is -2.33. The van der Waals surface area contributed by atoms with Crippen LogP contribution in [0.3, 0.4) is 0 Å². The lowest BCUT2D eigenvalue weighted by molar-refractivity contribution is 0.323. The van der Waals surface area contributed by atoms with Crippen LogP contribution in [-0.4, -0.2) is 25.2 Å². The maximum absolute atomic E-state index is 5.23. The Labute approximate surface area is 102 Å². The van der Waals surface area contributed by atoms with Crippen molar-refractivity contribution in [3.05, 3.63) is 30.1 Å². The van der Waals surface area contributed by atoms with Crippen LogP contribution in [-0.2, 0) is 0 Å². The quantitative estimate of drug-likeness (QED) is 0.845. The molecule has 0 saturated carbocycles. The van der Waals surface area contributed by atoms with Gasteiger partial charge in [-0.15, -0.1) is 0 Å². The summed E-state index contributed by atoms with van der Waals surface area (Å²) in [5.74, 6) is 2.39. The van der Waals surface area contributed by atoms with Gasteiger partial charge in [-0.2, -0.15) is 0 Å². The highest BCUT2D eigenvalue weighted by Crippen LogP contribution is 2.39. The zero-order valence-electron chi connectivity index (χ0n) is 10.1. The highest BCUT2D eigenvalue weighted by Gasteiger charge is 2.30. The number of pyridine rings is 1. The first-order valence-electron chi connectivity index (χ1n) is 6.27. The number of nitrogens with one attached hydrogen (secondary N) is 1. The van der Waals surface area contributed by atoms with Crippen molar-refractivity contribution < 1.29 is 4.74 Å². The Balaban J connectivity index is 1.84. The zero-order valence-corrected chi connectivity index (χ0v) is 10.1. The second kappa shape index (κ2) is 4.49. The first-order valence-corrected chi connectivity index (χ1v) is 6.27. The van der Waals surface area contributed by atoms with Crippen molar-refractivity contribution in [2.75, 3.05) is 20.2 Å². The smallest absolute Gasteiger partial charge is 0.137 e. The lowest BCUT2D eigenvalue weighted by atomic mass is 9.89. The van der Waals surface area contributed by atoms with Gasteiger partial charge in [0.25, 0.3) is 0 Å². The number of hydrogen-bond donors (Lipinski definition) is 1. The maximum Gasteiger partial charge on any atom is 0.137 e. The fourth-order valence-corrected chi connectivity index (χ4v) is 2.91. The number of hydrogen-bond acceptors (Lipinski definition) is 3. The molecule has 3 nitrogen and oxygen atoms in total. The van der Waals surface area contributed by atoms with Gasteiger partial charge in [-0.05, 0) is 48.4 Å². The summed E-state index contributed by atoms with van der Waals surface area (Å²) < 4.78 is 5.23. The molecular weight excluding hydrogens is 212 g/mol.